The molecule has 68 valence electrons. The third-order valence-electron chi connectivity index (χ3n) is 0.955. The van der Waals surface area contributed by atoms with Crippen LogP contribution in [-0.4, -0.2) is 4.98 Å². The quantitative estimate of drug-likeness (QED) is 0.593. The lowest BCUT2D eigenvalue weighted by atomic mass is 10.3. The average Bonchev–Trinajstić information content (AvgIpc) is 2.08. The van der Waals surface area contributed by atoms with E-state index in [1.807, 2.05) is 13.8 Å². The number of rotatable bonds is 0. The van der Waals surface area contributed by atoms with E-state index in [9.17, 15) is 13.2 Å². The summed E-state index contributed by atoms with van der Waals surface area (Å²) in [6.07, 6.45) is -3.20. The van der Waals surface area contributed by atoms with Gasteiger partial charge in [-0.3, -0.25) is 4.98 Å². The van der Waals surface area contributed by atoms with Crippen LogP contribution in [0.4, 0.5) is 13.2 Å². The Morgan fingerprint density at radius 3 is 2.00 bits per heavy atom. The summed E-state index contributed by atoms with van der Waals surface area (Å²) in [5.74, 6) is 0. The maximum atomic E-state index is 11.7. The summed E-state index contributed by atoms with van der Waals surface area (Å²) >= 11 is 0. The Hall–Kier alpha value is -1.06. The van der Waals surface area contributed by atoms with E-state index < -0.39 is 11.9 Å². The van der Waals surface area contributed by atoms with Gasteiger partial charge in [0.2, 0.25) is 0 Å². The number of hydrogen-bond donors (Lipinski definition) is 0. The summed E-state index contributed by atoms with van der Waals surface area (Å²) in [6.45, 7) is 4.00. The highest BCUT2D eigenvalue weighted by Crippen LogP contribution is 2.26. The van der Waals surface area contributed by atoms with Crippen molar-refractivity contribution < 1.29 is 13.2 Å². The first-order valence-corrected chi connectivity index (χ1v) is 3.59. The minimum Gasteiger partial charge on any atom is -0.252 e. The first kappa shape index (κ1) is 10.9. The number of alkyl halides is 3. The standard InChI is InChI=1S/C6H4F3N.C2H6/c7-6(8,9)5-3-1-2-4-10-5;1-2/h1-4H;1-2H3. The van der Waals surface area contributed by atoms with E-state index in [0.29, 0.717) is 0 Å². The van der Waals surface area contributed by atoms with Crippen LogP contribution in [-0.2, 0) is 6.18 Å². The zero-order valence-electron chi connectivity index (χ0n) is 6.89. The van der Waals surface area contributed by atoms with E-state index in [0.717, 1.165) is 12.3 Å². The van der Waals surface area contributed by atoms with Crippen LogP contribution in [0.3, 0.4) is 0 Å². The molecule has 12 heavy (non-hydrogen) atoms. The van der Waals surface area contributed by atoms with Crippen LogP contribution < -0.4 is 0 Å². The van der Waals surface area contributed by atoms with Crippen LogP contribution in [0.25, 0.3) is 0 Å². The van der Waals surface area contributed by atoms with Crippen LogP contribution in [0.15, 0.2) is 24.4 Å². The van der Waals surface area contributed by atoms with Gasteiger partial charge in [0.1, 0.15) is 5.69 Å². The van der Waals surface area contributed by atoms with Crippen LogP contribution >= 0.6 is 0 Å². The van der Waals surface area contributed by atoms with Crippen LogP contribution in [0.2, 0.25) is 0 Å². The number of hydrogen-bond acceptors (Lipinski definition) is 1. The minimum atomic E-state index is -4.32. The van der Waals surface area contributed by atoms with Crippen LogP contribution in [0, 0.1) is 0 Å². The molecular weight excluding hydrogens is 167 g/mol. The molecule has 0 aliphatic rings. The van der Waals surface area contributed by atoms with E-state index in [1.54, 1.807) is 0 Å². The average molecular weight is 177 g/mol. The second-order valence-electron chi connectivity index (χ2n) is 1.71. The maximum absolute atomic E-state index is 11.7. The molecule has 4 heteroatoms. The fourth-order valence-corrected chi connectivity index (χ4v) is 0.530. The summed E-state index contributed by atoms with van der Waals surface area (Å²) < 4.78 is 35.2. The molecule has 1 aromatic rings. The zero-order chi connectivity index (χ0) is 9.61. The summed E-state index contributed by atoms with van der Waals surface area (Å²) in [7, 11) is 0. The lowest BCUT2D eigenvalue weighted by molar-refractivity contribution is -0.141. The summed E-state index contributed by atoms with van der Waals surface area (Å²) in [4.78, 5) is 3.12. The Morgan fingerprint density at radius 2 is 1.75 bits per heavy atom. The van der Waals surface area contributed by atoms with Gasteiger partial charge < -0.3 is 0 Å². The molecule has 0 N–H and O–H groups in total. The van der Waals surface area contributed by atoms with Crippen molar-refractivity contribution in [2.75, 3.05) is 0 Å². The second-order valence-corrected chi connectivity index (χ2v) is 1.71. The summed E-state index contributed by atoms with van der Waals surface area (Å²) in [6, 6.07) is 3.67. The number of pyridine rings is 1. The van der Waals surface area contributed by atoms with Gasteiger partial charge in [-0.05, 0) is 12.1 Å². The third-order valence-corrected chi connectivity index (χ3v) is 0.955. The molecule has 0 unspecified atom stereocenters. The van der Waals surface area contributed by atoms with Crippen LogP contribution in [0.1, 0.15) is 19.5 Å². The van der Waals surface area contributed by atoms with E-state index in [1.165, 1.54) is 12.1 Å². The van der Waals surface area contributed by atoms with E-state index >= 15 is 0 Å². The van der Waals surface area contributed by atoms with Gasteiger partial charge in [-0.1, -0.05) is 19.9 Å². The lowest BCUT2D eigenvalue weighted by Gasteiger charge is -2.02. The van der Waals surface area contributed by atoms with Crippen molar-refractivity contribution in [2.24, 2.45) is 0 Å². The summed E-state index contributed by atoms with van der Waals surface area (Å²) in [5, 5.41) is 0. The van der Waals surface area contributed by atoms with E-state index in [2.05, 4.69) is 4.98 Å². The Bertz CT molecular complexity index is 205. The zero-order valence-corrected chi connectivity index (χ0v) is 6.89. The molecular formula is C8H10F3N. The van der Waals surface area contributed by atoms with Crippen molar-refractivity contribution in [3.05, 3.63) is 30.1 Å². The highest BCUT2D eigenvalue weighted by Gasteiger charge is 2.31. The lowest BCUT2D eigenvalue weighted by Crippen LogP contribution is -2.06. The minimum absolute atomic E-state index is 0.852. The number of nitrogens with zero attached hydrogens (tertiary/aromatic N) is 1. The molecule has 0 spiro atoms. The van der Waals surface area contributed by atoms with Gasteiger partial charge in [-0.15, -0.1) is 0 Å². The van der Waals surface area contributed by atoms with Gasteiger partial charge in [0.15, 0.2) is 0 Å². The predicted octanol–water partition coefficient (Wildman–Crippen LogP) is 3.13. The number of halogens is 3. The third kappa shape index (κ3) is 3.37. The van der Waals surface area contributed by atoms with Crippen molar-refractivity contribution in [1.29, 1.82) is 0 Å². The summed E-state index contributed by atoms with van der Waals surface area (Å²) in [5.41, 5.74) is -0.852. The molecule has 0 atom stereocenters. The van der Waals surface area contributed by atoms with Crippen molar-refractivity contribution in [3.8, 4) is 0 Å². The van der Waals surface area contributed by atoms with Crippen molar-refractivity contribution in [1.82, 2.24) is 4.98 Å². The predicted molar refractivity (Wildman–Crippen MR) is 40.6 cm³/mol. The topological polar surface area (TPSA) is 12.9 Å². The first-order chi connectivity index (χ1) is 5.61. The molecule has 0 bridgehead atoms. The van der Waals surface area contributed by atoms with Gasteiger partial charge in [-0.2, -0.15) is 13.2 Å². The highest BCUT2D eigenvalue weighted by atomic mass is 19.4. The van der Waals surface area contributed by atoms with Crippen molar-refractivity contribution in [3.63, 3.8) is 0 Å². The van der Waals surface area contributed by atoms with E-state index in [-0.39, 0.29) is 0 Å². The SMILES string of the molecule is CC.FC(F)(F)c1ccccn1. The Kier molecular flexibility index (Phi) is 4.33. The largest absolute Gasteiger partial charge is 0.433 e. The molecule has 0 aliphatic carbocycles. The van der Waals surface area contributed by atoms with Gasteiger partial charge in [0.05, 0.1) is 0 Å². The Morgan fingerprint density at radius 1 is 1.17 bits per heavy atom. The van der Waals surface area contributed by atoms with Crippen molar-refractivity contribution >= 4 is 0 Å². The molecule has 0 fully saturated rings. The van der Waals surface area contributed by atoms with Gasteiger partial charge in [0.25, 0.3) is 0 Å². The first-order valence-electron chi connectivity index (χ1n) is 3.59. The Labute approximate surface area is 69.2 Å². The second kappa shape index (κ2) is 4.74. The Balaban J connectivity index is 0.000000561. The molecule has 0 saturated carbocycles. The molecule has 1 rings (SSSR count). The van der Waals surface area contributed by atoms with Gasteiger partial charge in [-0.25, -0.2) is 0 Å². The molecule has 0 aromatic carbocycles. The monoisotopic (exact) mass is 177 g/mol. The molecule has 0 saturated heterocycles. The fraction of sp³-hybridized carbons (Fsp3) is 0.375. The molecule has 0 amide bonds. The molecule has 0 aliphatic heterocycles. The maximum Gasteiger partial charge on any atom is 0.433 e. The van der Waals surface area contributed by atoms with Crippen molar-refractivity contribution in [2.45, 2.75) is 20.0 Å². The molecule has 1 heterocycles. The number of aromatic nitrogens is 1. The molecule has 0 radical (unpaired) electrons. The fourth-order valence-electron chi connectivity index (χ4n) is 0.530. The van der Waals surface area contributed by atoms with E-state index in [4.69, 9.17) is 0 Å². The molecule has 1 aromatic heterocycles. The molecule has 1 nitrogen and oxygen atoms in total. The normalized spacial score (nSPS) is 10.1. The highest BCUT2D eigenvalue weighted by molar-refractivity contribution is 5.06. The smallest absolute Gasteiger partial charge is 0.252 e. The van der Waals surface area contributed by atoms with Crippen LogP contribution in [0.5, 0.6) is 0 Å². The van der Waals surface area contributed by atoms with Gasteiger partial charge in [0, 0.05) is 6.20 Å². The van der Waals surface area contributed by atoms with Gasteiger partial charge >= 0.3 is 6.18 Å².